The predicted octanol–water partition coefficient (Wildman–Crippen LogP) is 7.23. The fourth-order valence-electron chi connectivity index (χ4n) is 3.40. The molecule has 180 valence electrons. The minimum absolute atomic E-state index is 0.196. The van der Waals surface area contributed by atoms with Gasteiger partial charge in [0.1, 0.15) is 23.4 Å². The second-order valence-electron chi connectivity index (χ2n) is 7.54. The summed E-state index contributed by atoms with van der Waals surface area (Å²) in [5.74, 6) is 1.12. The van der Waals surface area contributed by atoms with Crippen LogP contribution in [-0.4, -0.2) is 26.2 Å². The summed E-state index contributed by atoms with van der Waals surface area (Å²) >= 11 is 19.9. The van der Waals surface area contributed by atoms with Gasteiger partial charge in [-0.2, -0.15) is 0 Å². The molecule has 35 heavy (non-hydrogen) atoms. The van der Waals surface area contributed by atoms with Crippen molar-refractivity contribution in [1.29, 1.82) is 0 Å². The lowest BCUT2D eigenvalue weighted by atomic mass is 10.1. The van der Waals surface area contributed by atoms with Crippen LogP contribution in [0.15, 0.2) is 71.9 Å². The number of rotatable bonds is 9. The minimum atomic E-state index is -0.548. The van der Waals surface area contributed by atoms with Crippen LogP contribution in [0.2, 0.25) is 15.1 Å². The second kappa shape index (κ2) is 11.3. The summed E-state index contributed by atoms with van der Waals surface area (Å²) in [6, 6.07) is 19.9. The average molecular weight is 550 g/mol. The van der Waals surface area contributed by atoms with Crippen molar-refractivity contribution < 1.29 is 9.66 Å². The van der Waals surface area contributed by atoms with Gasteiger partial charge < -0.3 is 4.74 Å². The Morgan fingerprint density at radius 3 is 2.49 bits per heavy atom. The molecule has 4 aromatic rings. The van der Waals surface area contributed by atoms with Gasteiger partial charge in [-0.05, 0) is 48.9 Å². The van der Waals surface area contributed by atoms with E-state index in [9.17, 15) is 10.1 Å². The molecule has 0 aliphatic carbocycles. The van der Waals surface area contributed by atoms with Crippen LogP contribution in [0.5, 0.6) is 5.75 Å². The molecule has 0 aliphatic rings. The van der Waals surface area contributed by atoms with Gasteiger partial charge >= 0.3 is 0 Å². The Hall–Kier alpha value is -2.78. The minimum Gasteiger partial charge on any atom is -0.487 e. The van der Waals surface area contributed by atoms with E-state index in [-0.39, 0.29) is 18.1 Å². The van der Waals surface area contributed by atoms with E-state index >= 15 is 0 Å². The van der Waals surface area contributed by atoms with Crippen molar-refractivity contribution in [2.45, 2.75) is 23.9 Å². The van der Waals surface area contributed by atoms with E-state index in [0.29, 0.717) is 37.4 Å². The molecular weight excluding hydrogens is 531 g/mol. The van der Waals surface area contributed by atoms with Crippen molar-refractivity contribution in [2.75, 3.05) is 6.54 Å². The zero-order chi connectivity index (χ0) is 24.9. The van der Waals surface area contributed by atoms with E-state index < -0.39 is 5.25 Å². The molecule has 4 rings (SSSR count). The van der Waals surface area contributed by atoms with Crippen LogP contribution >= 0.6 is 46.6 Å². The molecule has 1 heterocycles. The first-order chi connectivity index (χ1) is 16.8. The lowest BCUT2D eigenvalue weighted by Gasteiger charge is -2.16. The summed E-state index contributed by atoms with van der Waals surface area (Å²) in [7, 11) is 0. The first kappa shape index (κ1) is 25.3. The first-order valence-corrected chi connectivity index (χ1v) is 12.4. The Bertz CT molecular complexity index is 1350. The Morgan fingerprint density at radius 2 is 1.80 bits per heavy atom. The van der Waals surface area contributed by atoms with Gasteiger partial charge in [-0.15, -0.1) is 10.2 Å². The van der Waals surface area contributed by atoms with Crippen molar-refractivity contribution in [3.05, 3.63) is 109 Å². The third kappa shape index (κ3) is 6.27. The van der Waals surface area contributed by atoms with Crippen molar-refractivity contribution in [2.24, 2.45) is 0 Å². The van der Waals surface area contributed by atoms with Gasteiger partial charge in [0, 0.05) is 26.2 Å². The van der Waals surface area contributed by atoms with Crippen LogP contribution in [0.3, 0.4) is 0 Å². The number of benzene rings is 3. The standard InChI is InChI=1S/C24H19Cl3N4O3S/c1-15-28-29-24(31(15)19-5-3-2-4-6-19)35-23(13-30(32)33)16-8-10-22(21(27)11-16)34-14-17-7-9-18(25)12-20(17)26/h2-12,23H,13-14H2,1H3/t23-/m0/s1. The van der Waals surface area contributed by atoms with Crippen LogP contribution in [0.1, 0.15) is 22.2 Å². The van der Waals surface area contributed by atoms with Crippen molar-refractivity contribution in [3.8, 4) is 11.4 Å². The molecule has 1 aromatic heterocycles. The number of aryl methyl sites for hydroxylation is 1. The third-order valence-electron chi connectivity index (χ3n) is 5.10. The fraction of sp³-hybridized carbons (Fsp3) is 0.167. The molecule has 0 aliphatic heterocycles. The summed E-state index contributed by atoms with van der Waals surface area (Å²) in [6.45, 7) is 1.71. The smallest absolute Gasteiger partial charge is 0.220 e. The lowest BCUT2D eigenvalue weighted by molar-refractivity contribution is -0.479. The zero-order valence-electron chi connectivity index (χ0n) is 18.4. The van der Waals surface area contributed by atoms with Gasteiger partial charge in [0.25, 0.3) is 0 Å². The monoisotopic (exact) mass is 548 g/mol. The zero-order valence-corrected chi connectivity index (χ0v) is 21.5. The number of hydrogen-bond acceptors (Lipinski definition) is 6. The predicted molar refractivity (Wildman–Crippen MR) is 139 cm³/mol. The molecule has 7 nitrogen and oxygen atoms in total. The highest BCUT2D eigenvalue weighted by molar-refractivity contribution is 7.99. The number of nitrogens with zero attached hydrogens (tertiary/aromatic N) is 4. The molecule has 0 fully saturated rings. The SMILES string of the molecule is Cc1nnc(S[C@@H](C[N+](=O)[O-])c2ccc(OCc3ccc(Cl)cc3Cl)c(Cl)c2)n1-c1ccccc1. The molecule has 11 heteroatoms. The van der Waals surface area contributed by atoms with Crippen LogP contribution in [0.25, 0.3) is 5.69 Å². The largest absolute Gasteiger partial charge is 0.487 e. The molecule has 0 radical (unpaired) electrons. The first-order valence-electron chi connectivity index (χ1n) is 10.4. The molecule has 0 N–H and O–H groups in total. The van der Waals surface area contributed by atoms with Gasteiger partial charge in [0.05, 0.1) is 5.02 Å². The Morgan fingerprint density at radius 1 is 1.03 bits per heavy atom. The lowest BCUT2D eigenvalue weighted by Crippen LogP contribution is -2.11. The second-order valence-corrected chi connectivity index (χ2v) is 9.96. The van der Waals surface area contributed by atoms with Crippen molar-refractivity contribution >= 4 is 46.6 Å². The fourth-order valence-corrected chi connectivity index (χ4v) is 5.27. The highest BCUT2D eigenvalue weighted by Crippen LogP contribution is 2.39. The highest BCUT2D eigenvalue weighted by atomic mass is 35.5. The van der Waals surface area contributed by atoms with Gasteiger partial charge in [-0.3, -0.25) is 14.7 Å². The van der Waals surface area contributed by atoms with Crippen molar-refractivity contribution in [3.63, 3.8) is 0 Å². The number of aromatic nitrogens is 3. The van der Waals surface area contributed by atoms with Gasteiger partial charge in [-0.1, -0.05) is 76.9 Å². The van der Waals surface area contributed by atoms with Crippen LogP contribution < -0.4 is 4.74 Å². The number of ether oxygens (including phenoxy) is 1. The molecule has 1 atom stereocenters. The van der Waals surface area contributed by atoms with Gasteiger partial charge in [0.2, 0.25) is 6.54 Å². The molecule has 0 bridgehead atoms. The summed E-state index contributed by atoms with van der Waals surface area (Å²) < 4.78 is 7.70. The van der Waals surface area contributed by atoms with Crippen LogP contribution in [0.4, 0.5) is 0 Å². The number of hydrogen-bond donors (Lipinski definition) is 0. The summed E-state index contributed by atoms with van der Waals surface area (Å²) in [5, 5.41) is 21.3. The number of halogens is 3. The van der Waals surface area contributed by atoms with Gasteiger partial charge in [0.15, 0.2) is 5.16 Å². The average Bonchev–Trinajstić information content (AvgIpc) is 3.19. The molecule has 0 unspecified atom stereocenters. The summed E-state index contributed by atoms with van der Waals surface area (Å²) in [5.41, 5.74) is 2.31. The van der Waals surface area contributed by atoms with E-state index in [0.717, 1.165) is 11.3 Å². The van der Waals surface area contributed by atoms with E-state index in [1.165, 1.54) is 11.8 Å². The summed E-state index contributed by atoms with van der Waals surface area (Å²) in [4.78, 5) is 11.1. The Labute approximate surface area is 221 Å². The maximum atomic E-state index is 11.5. The number of para-hydroxylation sites is 1. The van der Waals surface area contributed by atoms with Crippen LogP contribution in [0, 0.1) is 17.0 Å². The quantitative estimate of drug-likeness (QED) is 0.124. The third-order valence-corrected chi connectivity index (χ3v) is 7.16. The molecule has 3 aromatic carbocycles. The normalized spacial score (nSPS) is 11.9. The maximum Gasteiger partial charge on any atom is 0.220 e. The van der Waals surface area contributed by atoms with E-state index in [1.807, 2.05) is 41.8 Å². The maximum absolute atomic E-state index is 11.5. The molecule has 0 amide bonds. The highest BCUT2D eigenvalue weighted by Gasteiger charge is 2.24. The molecular formula is C24H19Cl3N4O3S. The molecule has 0 saturated carbocycles. The Balaban J connectivity index is 1.56. The Kier molecular flexibility index (Phi) is 8.18. The van der Waals surface area contributed by atoms with Gasteiger partial charge in [-0.25, -0.2) is 0 Å². The van der Waals surface area contributed by atoms with Crippen molar-refractivity contribution in [1.82, 2.24) is 14.8 Å². The summed E-state index contributed by atoms with van der Waals surface area (Å²) in [6.07, 6.45) is 0. The van der Waals surface area contributed by atoms with Crippen LogP contribution in [-0.2, 0) is 6.61 Å². The molecule has 0 spiro atoms. The molecule has 0 saturated heterocycles. The number of nitro groups is 1. The van der Waals surface area contributed by atoms with E-state index in [2.05, 4.69) is 10.2 Å². The van der Waals surface area contributed by atoms with E-state index in [4.69, 9.17) is 39.5 Å². The topological polar surface area (TPSA) is 83.1 Å². The van der Waals surface area contributed by atoms with E-state index in [1.54, 1.807) is 36.4 Å². The number of thioether (sulfide) groups is 1.